The fraction of sp³-hybridized carbons (Fsp3) is 0.143. The maximum absolute atomic E-state index is 4.93. The number of hydrogen-bond donors (Lipinski definition) is 0. The standard InChI is InChI=1S/C42H32N2/c1-41(2)31-17-11-23-43-39(31)29-21-19-27-34(26-15-9-6-10-16-26)36-28(33(35(27)37(29)41)25-13-7-5-8-14-25)20-22-30-38(36)42(3,4)32-18-12-24-44-40(30)32/h5-24H,1-4H3. The molecule has 2 heterocycles. The third-order valence-corrected chi connectivity index (χ3v) is 10.3. The Hall–Kier alpha value is -5.08. The van der Waals surface area contributed by atoms with Crippen LogP contribution in [0.3, 0.4) is 0 Å². The van der Waals surface area contributed by atoms with Crippen molar-refractivity contribution in [2.24, 2.45) is 0 Å². The average molecular weight is 565 g/mol. The third kappa shape index (κ3) is 3.15. The Balaban J connectivity index is 1.57. The Kier molecular flexibility index (Phi) is 5.05. The lowest BCUT2D eigenvalue weighted by atomic mass is 9.73. The molecule has 7 aromatic rings. The van der Waals surface area contributed by atoms with E-state index in [2.05, 4.69) is 137 Å². The molecule has 0 saturated heterocycles. The first kappa shape index (κ1) is 25.4. The molecule has 0 unspecified atom stereocenters. The third-order valence-electron chi connectivity index (χ3n) is 10.3. The highest BCUT2D eigenvalue weighted by molar-refractivity contribution is 6.25. The second kappa shape index (κ2) is 8.74. The quantitative estimate of drug-likeness (QED) is 0.195. The number of rotatable bonds is 2. The van der Waals surface area contributed by atoms with E-state index >= 15 is 0 Å². The van der Waals surface area contributed by atoms with Crippen molar-refractivity contribution in [2.75, 3.05) is 0 Å². The fourth-order valence-electron chi connectivity index (χ4n) is 8.43. The van der Waals surface area contributed by atoms with Gasteiger partial charge in [0.05, 0.1) is 11.4 Å². The lowest BCUT2D eigenvalue weighted by molar-refractivity contribution is 0.664. The van der Waals surface area contributed by atoms with Crippen molar-refractivity contribution in [1.82, 2.24) is 9.97 Å². The minimum absolute atomic E-state index is 0.209. The Morgan fingerprint density at radius 2 is 0.841 bits per heavy atom. The maximum Gasteiger partial charge on any atom is 0.0746 e. The Morgan fingerprint density at radius 3 is 1.25 bits per heavy atom. The molecule has 9 rings (SSSR count). The summed E-state index contributed by atoms with van der Waals surface area (Å²) in [7, 11) is 0. The van der Waals surface area contributed by atoms with Crippen molar-refractivity contribution in [1.29, 1.82) is 0 Å². The highest BCUT2D eigenvalue weighted by Crippen LogP contribution is 2.58. The van der Waals surface area contributed by atoms with E-state index in [1.165, 1.54) is 77.2 Å². The molecule has 0 bridgehead atoms. The average Bonchev–Trinajstić information content (AvgIpc) is 3.44. The summed E-state index contributed by atoms with van der Waals surface area (Å²) in [5.41, 5.74) is 14.7. The van der Waals surface area contributed by atoms with Gasteiger partial charge in [-0.05, 0) is 78.2 Å². The Labute approximate surface area is 258 Å². The minimum atomic E-state index is -0.209. The van der Waals surface area contributed by atoms with Crippen molar-refractivity contribution in [3.63, 3.8) is 0 Å². The molecule has 0 N–H and O–H groups in total. The summed E-state index contributed by atoms with van der Waals surface area (Å²) in [5.74, 6) is 0. The molecule has 0 aliphatic heterocycles. The number of benzene rings is 5. The molecule has 2 aliphatic carbocycles. The highest BCUT2D eigenvalue weighted by Gasteiger charge is 2.42. The smallest absolute Gasteiger partial charge is 0.0746 e. The van der Waals surface area contributed by atoms with Gasteiger partial charge in [-0.3, -0.25) is 9.97 Å². The second-order valence-electron chi connectivity index (χ2n) is 13.4. The van der Waals surface area contributed by atoms with Crippen LogP contribution < -0.4 is 0 Å². The predicted octanol–water partition coefficient (Wildman–Crippen LogP) is 10.7. The van der Waals surface area contributed by atoms with Gasteiger partial charge in [0, 0.05) is 34.4 Å². The SMILES string of the molecule is CC1(C)c2cccnc2-c2ccc3c(-c4ccccc4)c4c5c(ccc4c(-c4ccccc4)c3c21)-c1ncccc1C5(C)C. The molecule has 0 radical (unpaired) electrons. The normalized spacial score (nSPS) is 15.2. The van der Waals surface area contributed by atoms with Crippen LogP contribution in [0.2, 0.25) is 0 Å². The van der Waals surface area contributed by atoms with Gasteiger partial charge in [0.2, 0.25) is 0 Å². The molecule has 0 fully saturated rings. The molecular weight excluding hydrogens is 532 g/mol. The summed E-state index contributed by atoms with van der Waals surface area (Å²) >= 11 is 0. The molecule has 210 valence electrons. The second-order valence-corrected chi connectivity index (χ2v) is 13.4. The molecular formula is C42H32N2. The lowest BCUT2D eigenvalue weighted by Gasteiger charge is -2.29. The van der Waals surface area contributed by atoms with Gasteiger partial charge < -0.3 is 0 Å². The molecule has 2 nitrogen and oxygen atoms in total. The molecule has 0 atom stereocenters. The maximum atomic E-state index is 4.93. The van der Waals surface area contributed by atoms with Crippen LogP contribution in [0.1, 0.15) is 49.9 Å². The highest BCUT2D eigenvalue weighted by atomic mass is 14.7. The van der Waals surface area contributed by atoms with Crippen LogP contribution in [0.4, 0.5) is 0 Å². The monoisotopic (exact) mass is 564 g/mol. The summed E-state index contributed by atoms with van der Waals surface area (Å²) < 4.78 is 0. The number of nitrogens with zero attached hydrogens (tertiary/aromatic N) is 2. The van der Waals surface area contributed by atoms with Gasteiger partial charge >= 0.3 is 0 Å². The molecule has 5 aromatic carbocycles. The van der Waals surface area contributed by atoms with Crippen molar-refractivity contribution in [3.05, 3.63) is 144 Å². The summed E-state index contributed by atoms with van der Waals surface area (Å²) in [4.78, 5) is 9.86. The largest absolute Gasteiger partial charge is 0.256 e. The van der Waals surface area contributed by atoms with E-state index in [1.807, 2.05) is 12.4 Å². The van der Waals surface area contributed by atoms with Crippen molar-refractivity contribution in [2.45, 2.75) is 38.5 Å². The number of pyridine rings is 2. The summed E-state index contributed by atoms with van der Waals surface area (Å²) in [5, 5.41) is 5.23. The van der Waals surface area contributed by atoms with Gasteiger partial charge in [0.1, 0.15) is 0 Å². The molecule has 2 heteroatoms. The zero-order valence-corrected chi connectivity index (χ0v) is 25.4. The molecule has 2 aromatic heterocycles. The number of hydrogen-bond acceptors (Lipinski definition) is 2. The van der Waals surface area contributed by atoms with Crippen LogP contribution >= 0.6 is 0 Å². The van der Waals surface area contributed by atoms with Crippen molar-refractivity contribution >= 4 is 21.5 Å². The van der Waals surface area contributed by atoms with Crippen molar-refractivity contribution in [3.8, 4) is 44.8 Å². The summed E-state index contributed by atoms with van der Waals surface area (Å²) in [6, 6.07) is 40.1. The van der Waals surface area contributed by atoms with Crippen LogP contribution in [-0.4, -0.2) is 9.97 Å². The van der Waals surface area contributed by atoms with Crippen LogP contribution in [0.25, 0.3) is 66.3 Å². The summed E-state index contributed by atoms with van der Waals surface area (Å²) in [6.07, 6.45) is 3.86. The van der Waals surface area contributed by atoms with Gasteiger partial charge in [0.25, 0.3) is 0 Å². The van der Waals surface area contributed by atoms with E-state index in [0.717, 1.165) is 11.4 Å². The van der Waals surface area contributed by atoms with Gasteiger partial charge in [-0.15, -0.1) is 0 Å². The van der Waals surface area contributed by atoms with Crippen LogP contribution in [0, 0.1) is 0 Å². The Bertz CT molecular complexity index is 2150. The zero-order chi connectivity index (χ0) is 29.8. The van der Waals surface area contributed by atoms with E-state index in [9.17, 15) is 0 Å². The van der Waals surface area contributed by atoms with Gasteiger partial charge in [0.15, 0.2) is 0 Å². The molecule has 0 amide bonds. The fourth-order valence-corrected chi connectivity index (χ4v) is 8.43. The van der Waals surface area contributed by atoms with Gasteiger partial charge in [-0.1, -0.05) is 125 Å². The van der Waals surface area contributed by atoms with Crippen LogP contribution in [0.5, 0.6) is 0 Å². The predicted molar refractivity (Wildman–Crippen MR) is 183 cm³/mol. The van der Waals surface area contributed by atoms with Crippen LogP contribution in [0.15, 0.2) is 122 Å². The minimum Gasteiger partial charge on any atom is -0.256 e. The number of fused-ring (bicyclic) bond motifs is 10. The molecule has 0 spiro atoms. The van der Waals surface area contributed by atoms with Crippen LogP contribution in [-0.2, 0) is 10.8 Å². The zero-order valence-electron chi connectivity index (χ0n) is 25.4. The molecule has 2 aliphatic rings. The van der Waals surface area contributed by atoms with E-state index in [4.69, 9.17) is 9.97 Å². The number of aromatic nitrogens is 2. The first-order valence-corrected chi connectivity index (χ1v) is 15.5. The van der Waals surface area contributed by atoms with Crippen molar-refractivity contribution < 1.29 is 0 Å². The van der Waals surface area contributed by atoms with Gasteiger partial charge in [-0.2, -0.15) is 0 Å². The van der Waals surface area contributed by atoms with E-state index in [1.54, 1.807) is 0 Å². The topological polar surface area (TPSA) is 25.8 Å². The molecule has 44 heavy (non-hydrogen) atoms. The van der Waals surface area contributed by atoms with E-state index in [-0.39, 0.29) is 10.8 Å². The van der Waals surface area contributed by atoms with E-state index in [0.29, 0.717) is 0 Å². The summed E-state index contributed by atoms with van der Waals surface area (Å²) in [6.45, 7) is 9.48. The van der Waals surface area contributed by atoms with E-state index < -0.39 is 0 Å². The van der Waals surface area contributed by atoms with Gasteiger partial charge in [-0.25, -0.2) is 0 Å². The first-order valence-electron chi connectivity index (χ1n) is 15.5. The molecule has 0 saturated carbocycles. The first-order chi connectivity index (χ1) is 21.4. The lowest BCUT2D eigenvalue weighted by Crippen LogP contribution is -2.17. The Morgan fingerprint density at radius 1 is 0.432 bits per heavy atom.